The molecular weight excluding hydrogens is 324 g/mol. The fourth-order valence-corrected chi connectivity index (χ4v) is 2.62. The van der Waals surface area contributed by atoms with E-state index in [1.165, 1.54) is 11.3 Å². The highest BCUT2D eigenvalue weighted by atomic mass is 16.5. The zero-order chi connectivity index (χ0) is 18.8. The molecule has 0 spiro atoms. The number of terminal acetylenes is 1. The van der Waals surface area contributed by atoms with Gasteiger partial charge in [0.05, 0.1) is 6.54 Å². The van der Waals surface area contributed by atoms with Crippen LogP contribution in [0, 0.1) is 12.3 Å². The number of benzene rings is 1. The lowest BCUT2D eigenvalue weighted by Gasteiger charge is -2.22. The second-order valence-electron chi connectivity index (χ2n) is 6.09. The molecule has 0 radical (unpaired) electrons. The van der Waals surface area contributed by atoms with Crippen molar-refractivity contribution in [2.45, 2.75) is 19.9 Å². The Balaban J connectivity index is 1.91. The average Bonchev–Trinajstić information content (AvgIpc) is 3.05. The van der Waals surface area contributed by atoms with Gasteiger partial charge in [0.1, 0.15) is 12.4 Å². The minimum absolute atomic E-state index is 0.295. The summed E-state index contributed by atoms with van der Waals surface area (Å²) >= 11 is 0. The van der Waals surface area contributed by atoms with E-state index in [1.807, 2.05) is 12.1 Å². The highest BCUT2D eigenvalue weighted by Crippen LogP contribution is 2.12. The van der Waals surface area contributed by atoms with Crippen LogP contribution in [0.3, 0.4) is 0 Å². The minimum Gasteiger partial charge on any atom is -0.481 e. The lowest BCUT2D eigenvalue weighted by Crippen LogP contribution is -2.39. The third kappa shape index (κ3) is 5.89. The molecule has 1 aromatic carbocycles. The zero-order valence-electron chi connectivity index (χ0n) is 15.9. The Morgan fingerprint density at radius 3 is 2.69 bits per heavy atom. The fraction of sp³-hybridized carbons (Fsp3) is 0.381. The first-order valence-corrected chi connectivity index (χ1v) is 8.89. The summed E-state index contributed by atoms with van der Waals surface area (Å²) in [6.07, 6.45) is 8.14. The maximum atomic E-state index is 5.39. The monoisotopic (exact) mass is 352 g/mol. The number of hydrogen-bond donors (Lipinski definition) is 1. The molecule has 0 amide bonds. The van der Waals surface area contributed by atoms with Gasteiger partial charge in [-0.3, -0.25) is 4.99 Å². The third-order valence-corrected chi connectivity index (χ3v) is 4.05. The largest absolute Gasteiger partial charge is 0.481 e. The zero-order valence-corrected chi connectivity index (χ0v) is 15.9. The molecule has 0 unspecified atom stereocenters. The Morgan fingerprint density at radius 2 is 2.08 bits per heavy atom. The van der Waals surface area contributed by atoms with Crippen LogP contribution in [0.25, 0.3) is 0 Å². The summed E-state index contributed by atoms with van der Waals surface area (Å²) in [6.45, 7) is 4.77. The molecule has 1 heterocycles. The van der Waals surface area contributed by atoms with Crippen LogP contribution >= 0.6 is 0 Å². The quantitative estimate of drug-likeness (QED) is 0.451. The summed E-state index contributed by atoms with van der Waals surface area (Å²) in [5.74, 6) is 4.18. The van der Waals surface area contributed by atoms with Crippen LogP contribution in [-0.4, -0.2) is 42.2 Å². The molecule has 1 N–H and O–H groups in total. The smallest absolute Gasteiger partial charge is 0.194 e. The Labute approximate surface area is 156 Å². The summed E-state index contributed by atoms with van der Waals surface area (Å²) in [7, 11) is 4.12. The van der Waals surface area contributed by atoms with Gasteiger partial charge >= 0.3 is 0 Å². The first-order valence-electron chi connectivity index (χ1n) is 8.89. The van der Waals surface area contributed by atoms with Crippen molar-refractivity contribution >= 4 is 5.96 Å². The normalized spacial score (nSPS) is 11.1. The van der Waals surface area contributed by atoms with Crippen LogP contribution in [0.4, 0.5) is 0 Å². The number of hydrogen-bond acceptors (Lipinski definition) is 2. The number of aryl methyl sites for hydroxylation is 1. The van der Waals surface area contributed by atoms with Crippen molar-refractivity contribution in [3.63, 3.8) is 0 Å². The summed E-state index contributed by atoms with van der Waals surface area (Å²) in [5.41, 5.74) is 2.48. The van der Waals surface area contributed by atoms with Crippen LogP contribution in [0.2, 0.25) is 0 Å². The molecule has 0 aliphatic heterocycles. The fourth-order valence-electron chi connectivity index (χ4n) is 2.62. The van der Waals surface area contributed by atoms with Crippen LogP contribution < -0.4 is 10.1 Å². The second kappa shape index (κ2) is 10.2. The molecule has 0 atom stereocenters. The number of nitrogens with zero attached hydrogens (tertiary/aromatic N) is 3. The van der Waals surface area contributed by atoms with Gasteiger partial charge in [0.25, 0.3) is 0 Å². The first kappa shape index (κ1) is 19.5. The predicted octanol–water partition coefficient (Wildman–Crippen LogP) is 2.68. The third-order valence-electron chi connectivity index (χ3n) is 4.05. The van der Waals surface area contributed by atoms with E-state index < -0.39 is 0 Å². The number of aliphatic imine (C=N–C) groups is 1. The van der Waals surface area contributed by atoms with E-state index in [2.05, 4.69) is 72.2 Å². The number of aromatic nitrogens is 1. The SMILES string of the molecule is C#CCOc1ccc(CCN=C(NCC)N(C)Cc2cccn2C)cc1. The van der Waals surface area contributed by atoms with Gasteiger partial charge in [-0.25, -0.2) is 0 Å². The van der Waals surface area contributed by atoms with Crippen molar-refractivity contribution in [1.29, 1.82) is 0 Å². The highest BCUT2D eigenvalue weighted by molar-refractivity contribution is 5.79. The van der Waals surface area contributed by atoms with Gasteiger partial charge in [0.2, 0.25) is 0 Å². The molecule has 0 saturated heterocycles. The Morgan fingerprint density at radius 1 is 1.31 bits per heavy atom. The van der Waals surface area contributed by atoms with Gasteiger partial charge in [-0.05, 0) is 43.2 Å². The molecule has 0 bridgehead atoms. The molecule has 2 rings (SSSR count). The van der Waals surface area contributed by atoms with E-state index in [4.69, 9.17) is 16.2 Å². The van der Waals surface area contributed by atoms with Crippen molar-refractivity contribution < 1.29 is 4.74 Å². The van der Waals surface area contributed by atoms with E-state index in [1.54, 1.807) is 0 Å². The van der Waals surface area contributed by atoms with E-state index in [0.717, 1.165) is 37.8 Å². The van der Waals surface area contributed by atoms with E-state index >= 15 is 0 Å². The van der Waals surface area contributed by atoms with Crippen LogP contribution in [0.5, 0.6) is 5.75 Å². The molecule has 5 heteroatoms. The lowest BCUT2D eigenvalue weighted by atomic mass is 10.1. The van der Waals surface area contributed by atoms with Crippen molar-refractivity contribution in [2.24, 2.45) is 12.0 Å². The second-order valence-corrected chi connectivity index (χ2v) is 6.09. The van der Waals surface area contributed by atoms with Gasteiger partial charge in [0.15, 0.2) is 5.96 Å². The highest BCUT2D eigenvalue weighted by Gasteiger charge is 2.08. The molecule has 138 valence electrons. The molecule has 0 saturated carbocycles. The molecular formula is C21H28N4O. The number of ether oxygens (including phenoxy) is 1. The summed E-state index contributed by atoms with van der Waals surface area (Å²) in [5, 5.41) is 3.36. The molecule has 0 aliphatic carbocycles. The Hall–Kier alpha value is -2.87. The minimum atomic E-state index is 0.295. The van der Waals surface area contributed by atoms with E-state index in [9.17, 15) is 0 Å². The number of nitrogens with one attached hydrogen (secondary N) is 1. The molecule has 2 aromatic rings. The van der Waals surface area contributed by atoms with E-state index in [0.29, 0.717) is 6.61 Å². The van der Waals surface area contributed by atoms with Gasteiger partial charge < -0.3 is 19.5 Å². The van der Waals surface area contributed by atoms with Crippen LogP contribution in [-0.2, 0) is 20.0 Å². The molecule has 26 heavy (non-hydrogen) atoms. The molecule has 1 aromatic heterocycles. The lowest BCUT2D eigenvalue weighted by molar-refractivity contribution is 0.370. The maximum absolute atomic E-state index is 5.39. The van der Waals surface area contributed by atoms with Crippen molar-refractivity contribution in [3.05, 3.63) is 53.9 Å². The average molecular weight is 352 g/mol. The summed E-state index contributed by atoms with van der Waals surface area (Å²) < 4.78 is 7.52. The molecule has 0 aliphatic rings. The standard InChI is InChI=1S/C21H28N4O/c1-5-16-26-20-11-9-18(10-12-20)13-14-23-21(22-6-2)25(4)17-19-8-7-15-24(19)3/h1,7-12,15H,6,13-14,16-17H2,2-4H3,(H,22,23). The van der Waals surface area contributed by atoms with Gasteiger partial charge in [0, 0.05) is 39.1 Å². The van der Waals surface area contributed by atoms with Crippen LogP contribution in [0.1, 0.15) is 18.2 Å². The Kier molecular flexibility index (Phi) is 7.63. The van der Waals surface area contributed by atoms with Gasteiger partial charge in [-0.2, -0.15) is 0 Å². The Bertz CT molecular complexity index is 740. The summed E-state index contributed by atoms with van der Waals surface area (Å²) in [4.78, 5) is 6.90. The van der Waals surface area contributed by atoms with Gasteiger partial charge in [-0.15, -0.1) is 6.42 Å². The molecule has 5 nitrogen and oxygen atoms in total. The predicted molar refractivity (Wildman–Crippen MR) is 107 cm³/mol. The molecule has 0 fully saturated rings. The maximum Gasteiger partial charge on any atom is 0.194 e. The first-order chi connectivity index (χ1) is 12.6. The van der Waals surface area contributed by atoms with Crippen LogP contribution in [0.15, 0.2) is 47.6 Å². The van der Waals surface area contributed by atoms with Crippen molar-refractivity contribution in [1.82, 2.24) is 14.8 Å². The van der Waals surface area contributed by atoms with Crippen molar-refractivity contribution in [3.8, 4) is 18.1 Å². The van der Waals surface area contributed by atoms with Crippen molar-refractivity contribution in [2.75, 3.05) is 26.7 Å². The van der Waals surface area contributed by atoms with E-state index in [-0.39, 0.29) is 0 Å². The topological polar surface area (TPSA) is 41.8 Å². The summed E-state index contributed by atoms with van der Waals surface area (Å²) in [6, 6.07) is 12.2. The number of rotatable bonds is 8. The number of guanidine groups is 1. The van der Waals surface area contributed by atoms with Gasteiger partial charge in [-0.1, -0.05) is 18.1 Å².